The molecule has 0 rings (SSSR count). The van der Waals surface area contributed by atoms with Crippen molar-refractivity contribution in [3.05, 3.63) is 0 Å². The van der Waals surface area contributed by atoms with Gasteiger partial charge in [-0.3, -0.25) is 19.2 Å². The van der Waals surface area contributed by atoms with Gasteiger partial charge >= 0.3 is 5.97 Å². The molecule has 0 spiro atoms. The number of nitrogens with one attached hydrogen (secondary N) is 3. The van der Waals surface area contributed by atoms with Gasteiger partial charge < -0.3 is 37.6 Å². The van der Waals surface area contributed by atoms with Gasteiger partial charge in [0.1, 0.15) is 18.1 Å². The third kappa shape index (κ3) is 8.94. The fourth-order valence-electron chi connectivity index (χ4n) is 1.70. The van der Waals surface area contributed by atoms with Crippen LogP contribution in [0.15, 0.2) is 0 Å². The van der Waals surface area contributed by atoms with E-state index in [1.165, 1.54) is 0 Å². The summed E-state index contributed by atoms with van der Waals surface area (Å²) in [4.78, 5) is 57.9. The molecule has 0 saturated carbocycles. The van der Waals surface area contributed by atoms with Gasteiger partial charge in [0.25, 0.3) is 0 Å². The molecule has 0 aromatic rings. The maximum Gasteiger partial charge on any atom is 0.326 e. The summed E-state index contributed by atoms with van der Waals surface area (Å²) >= 11 is 7.73. The maximum atomic E-state index is 12.1. The summed E-state index contributed by atoms with van der Waals surface area (Å²) in [5, 5.41) is 24.7. The highest BCUT2D eigenvalue weighted by atomic mass is 32.1. The molecule has 14 heteroatoms. The van der Waals surface area contributed by atoms with Crippen LogP contribution in [0.25, 0.3) is 0 Å². The van der Waals surface area contributed by atoms with Gasteiger partial charge in [-0.25, -0.2) is 4.79 Å². The zero-order valence-corrected chi connectivity index (χ0v) is 15.9. The number of thiol groups is 2. The molecule has 0 fully saturated rings. The van der Waals surface area contributed by atoms with Crippen LogP contribution in [-0.4, -0.2) is 82.1 Å². The van der Waals surface area contributed by atoms with Crippen molar-refractivity contribution in [2.75, 3.05) is 18.1 Å². The van der Waals surface area contributed by atoms with Crippen molar-refractivity contribution in [3.63, 3.8) is 0 Å². The molecule has 0 aromatic heterocycles. The highest BCUT2D eigenvalue weighted by Crippen LogP contribution is 1.97. The molecule has 12 nitrogen and oxygen atoms in total. The molecule has 4 unspecified atom stereocenters. The van der Waals surface area contributed by atoms with E-state index in [1.54, 1.807) is 0 Å². The maximum absolute atomic E-state index is 12.1. The SMILES string of the molecule is NC(=O)CC(NC(=O)C(CS)NC(=O)C(CO)NC(=O)C(N)CS)C(=O)O. The molecule has 0 aliphatic carbocycles. The number of aliphatic carboxylic acids is 1. The predicted molar refractivity (Wildman–Crippen MR) is 100 cm³/mol. The van der Waals surface area contributed by atoms with Crippen LogP contribution in [0.4, 0.5) is 0 Å². The highest BCUT2D eigenvalue weighted by molar-refractivity contribution is 7.80. The van der Waals surface area contributed by atoms with Gasteiger partial charge in [-0.15, -0.1) is 0 Å². The van der Waals surface area contributed by atoms with Crippen molar-refractivity contribution >= 4 is 54.9 Å². The monoisotopic (exact) mass is 425 g/mol. The van der Waals surface area contributed by atoms with Crippen LogP contribution in [-0.2, 0) is 24.0 Å². The molecule has 0 aromatic carbocycles. The van der Waals surface area contributed by atoms with E-state index in [1.807, 2.05) is 5.32 Å². The van der Waals surface area contributed by atoms with E-state index in [4.69, 9.17) is 16.6 Å². The lowest BCUT2D eigenvalue weighted by Crippen LogP contribution is -2.58. The second-order valence-corrected chi connectivity index (χ2v) is 6.08. The zero-order valence-electron chi connectivity index (χ0n) is 14.1. The Hall–Kier alpha value is -2.03. The van der Waals surface area contributed by atoms with Crippen LogP contribution in [0.3, 0.4) is 0 Å². The third-order valence-corrected chi connectivity index (χ3v) is 3.94. The fourth-order valence-corrected chi connectivity index (χ4v) is 2.12. The number of nitrogens with two attached hydrogens (primary N) is 2. The van der Waals surface area contributed by atoms with Gasteiger partial charge in [0.15, 0.2) is 0 Å². The molecule has 4 atom stereocenters. The van der Waals surface area contributed by atoms with E-state index in [2.05, 4.69) is 35.9 Å². The number of carboxylic acid groups (broad SMARTS) is 1. The predicted octanol–water partition coefficient (Wildman–Crippen LogP) is -4.42. The largest absolute Gasteiger partial charge is 0.480 e. The Balaban J connectivity index is 4.98. The lowest BCUT2D eigenvalue weighted by atomic mass is 10.1. The number of carbonyl (C=O) groups is 5. The van der Waals surface area contributed by atoms with Crippen LogP contribution >= 0.6 is 25.3 Å². The molecule has 27 heavy (non-hydrogen) atoms. The molecule has 9 N–H and O–H groups in total. The first kappa shape index (κ1) is 25.0. The van der Waals surface area contributed by atoms with E-state index in [-0.39, 0.29) is 11.5 Å². The molecule has 0 heterocycles. The zero-order chi connectivity index (χ0) is 21.1. The van der Waals surface area contributed by atoms with Crippen LogP contribution < -0.4 is 27.4 Å². The van der Waals surface area contributed by atoms with Crippen LogP contribution in [0.2, 0.25) is 0 Å². The normalized spacial score (nSPS) is 15.0. The number of hydrogen-bond donors (Lipinski definition) is 9. The fraction of sp³-hybridized carbons (Fsp3) is 0.615. The molecule has 0 saturated heterocycles. The number of primary amides is 1. The van der Waals surface area contributed by atoms with Gasteiger partial charge in [0, 0.05) is 11.5 Å². The standard InChI is InChI=1S/C13H23N5O7S2/c14-5(3-26)10(21)17-7(2-19)11(22)18-8(4-27)12(23)16-6(13(24)25)1-9(15)20/h5-8,19,26-27H,1-4,14H2,(H2,15,20)(H,16,23)(H,17,21)(H,18,22)(H,24,25). The van der Waals surface area contributed by atoms with E-state index < -0.39 is 66.8 Å². The average molecular weight is 425 g/mol. The minimum Gasteiger partial charge on any atom is -0.480 e. The van der Waals surface area contributed by atoms with Crippen molar-refractivity contribution in [2.45, 2.75) is 30.6 Å². The average Bonchev–Trinajstić information content (AvgIpc) is 2.61. The quantitative estimate of drug-likeness (QED) is 0.139. The topological polar surface area (TPSA) is 214 Å². The van der Waals surface area contributed by atoms with E-state index in [0.717, 1.165) is 0 Å². The molecule has 4 amide bonds. The van der Waals surface area contributed by atoms with Crippen molar-refractivity contribution in [2.24, 2.45) is 11.5 Å². The first-order chi connectivity index (χ1) is 12.6. The molecular weight excluding hydrogens is 402 g/mol. The lowest BCUT2D eigenvalue weighted by Gasteiger charge is -2.23. The smallest absolute Gasteiger partial charge is 0.326 e. The van der Waals surface area contributed by atoms with Crippen LogP contribution in [0.1, 0.15) is 6.42 Å². The van der Waals surface area contributed by atoms with Crippen LogP contribution in [0.5, 0.6) is 0 Å². The molecule has 0 radical (unpaired) electrons. The third-order valence-electron chi connectivity index (χ3n) is 3.18. The van der Waals surface area contributed by atoms with Gasteiger partial charge in [0.2, 0.25) is 23.6 Å². The Morgan fingerprint density at radius 3 is 1.74 bits per heavy atom. The first-order valence-corrected chi connectivity index (χ1v) is 8.84. The summed E-state index contributed by atoms with van der Waals surface area (Å²) in [6, 6.07) is -5.31. The van der Waals surface area contributed by atoms with E-state index in [0.29, 0.717) is 0 Å². The molecule has 154 valence electrons. The highest BCUT2D eigenvalue weighted by Gasteiger charge is 2.29. The number of rotatable bonds is 12. The second-order valence-electron chi connectivity index (χ2n) is 5.35. The molecule has 0 aliphatic rings. The summed E-state index contributed by atoms with van der Waals surface area (Å²) < 4.78 is 0. The number of carbonyl (C=O) groups excluding carboxylic acids is 4. The van der Waals surface area contributed by atoms with E-state index >= 15 is 0 Å². The van der Waals surface area contributed by atoms with Crippen molar-refractivity contribution < 1.29 is 34.2 Å². The van der Waals surface area contributed by atoms with Gasteiger partial charge in [-0.05, 0) is 0 Å². The van der Waals surface area contributed by atoms with Crippen molar-refractivity contribution in [3.8, 4) is 0 Å². The lowest BCUT2D eigenvalue weighted by molar-refractivity contribution is -0.143. The Kier molecular flexibility index (Phi) is 11.4. The Morgan fingerprint density at radius 1 is 0.852 bits per heavy atom. The number of carboxylic acids is 1. The Morgan fingerprint density at radius 2 is 1.33 bits per heavy atom. The van der Waals surface area contributed by atoms with Gasteiger partial charge in [-0.2, -0.15) is 25.3 Å². The van der Waals surface area contributed by atoms with E-state index in [9.17, 15) is 29.1 Å². The molecule has 0 aliphatic heterocycles. The summed E-state index contributed by atoms with van der Waals surface area (Å²) in [5.74, 6) is -5.27. The van der Waals surface area contributed by atoms with Crippen molar-refractivity contribution in [1.29, 1.82) is 0 Å². The molecular formula is C13H23N5O7S2. The number of aliphatic hydroxyl groups excluding tert-OH is 1. The summed E-state index contributed by atoms with van der Waals surface area (Å²) in [5.41, 5.74) is 10.4. The number of hydrogen-bond acceptors (Lipinski definition) is 9. The Bertz CT molecular complexity index is 577. The van der Waals surface area contributed by atoms with Gasteiger partial charge in [0.05, 0.1) is 19.1 Å². The Labute approximate surface area is 165 Å². The summed E-state index contributed by atoms with van der Waals surface area (Å²) in [6.45, 7) is -0.781. The van der Waals surface area contributed by atoms with Gasteiger partial charge in [-0.1, -0.05) is 0 Å². The minimum absolute atomic E-state index is 0.00368. The minimum atomic E-state index is -1.59. The van der Waals surface area contributed by atoms with Crippen molar-refractivity contribution in [1.82, 2.24) is 16.0 Å². The van der Waals surface area contributed by atoms with Crippen LogP contribution in [0, 0.1) is 0 Å². The first-order valence-electron chi connectivity index (χ1n) is 7.57. The number of aliphatic hydroxyl groups is 1. The number of amides is 4. The summed E-state index contributed by atoms with van der Waals surface area (Å²) in [7, 11) is 0. The molecule has 0 bridgehead atoms. The summed E-state index contributed by atoms with van der Waals surface area (Å²) in [6.07, 6.45) is -0.648. The second kappa shape index (κ2) is 12.4.